The van der Waals surface area contributed by atoms with E-state index in [4.69, 9.17) is 5.11 Å². The maximum atomic E-state index is 9.96. The highest BCUT2D eigenvalue weighted by Gasteiger charge is 1.98. The molecule has 12 heavy (non-hydrogen) atoms. The van der Waals surface area contributed by atoms with Crippen molar-refractivity contribution in [2.45, 2.75) is 0 Å². The number of aliphatic hydroxyl groups excluding tert-OH is 1. The lowest BCUT2D eigenvalue weighted by Crippen LogP contribution is -2.36. The highest BCUT2D eigenvalue weighted by Crippen LogP contribution is 1.58. The van der Waals surface area contributed by atoms with E-state index in [-0.39, 0.29) is 0 Å². The normalized spacial score (nSPS) is 8.42. The number of hydrogen-bond donors (Lipinski definition) is 3. The van der Waals surface area contributed by atoms with Crippen molar-refractivity contribution in [2.24, 2.45) is 5.73 Å². The number of carbonyl (C=O) groups is 2. The summed E-state index contributed by atoms with van der Waals surface area (Å²) in [6.07, 6.45) is 0. The number of aliphatic hydroxyl groups is 1. The summed E-state index contributed by atoms with van der Waals surface area (Å²) in [6, 6.07) is -0.955. The SMILES string of the molecule is CN(C)C.NC(=O)NC(=O)CO. The fourth-order valence-electron chi connectivity index (χ4n) is 0.177. The number of urea groups is 1. The van der Waals surface area contributed by atoms with Crippen molar-refractivity contribution in [3.8, 4) is 0 Å². The monoisotopic (exact) mass is 177 g/mol. The van der Waals surface area contributed by atoms with Gasteiger partial charge in [-0.2, -0.15) is 0 Å². The molecule has 6 heteroatoms. The summed E-state index contributed by atoms with van der Waals surface area (Å²) in [5.41, 5.74) is 4.49. The van der Waals surface area contributed by atoms with Crippen LogP contribution in [0.1, 0.15) is 0 Å². The van der Waals surface area contributed by atoms with E-state index >= 15 is 0 Å². The topological polar surface area (TPSA) is 95.7 Å². The molecule has 0 bridgehead atoms. The Morgan fingerprint density at radius 2 is 1.75 bits per heavy atom. The standard InChI is InChI=1S/C3H6N2O3.C3H9N/c4-3(8)5-2(7)1-6;1-4(2)3/h6H,1H2,(H3,4,5,7,8);1-3H3. The average Bonchev–Trinajstić information content (AvgIpc) is 1.84. The van der Waals surface area contributed by atoms with E-state index in [0.29, 0.717) is 0 Å². The molecule has 0 aliphatic rings. The summed E-state index contributed by atoms with van der Waals surface area (Å²) < 4.78 is 0. The van der Waals surface area contributed by atoms with Crippen molar-refractivity contribution in [3.05, 3.63) is 0 Å². The van der Waals surface area contributed by atoms with Gasteiger partial charge in [-0.15, -0.1) is 0 Å². The van der Waals surface area contributed by atoms with Gasteiger partial charge in [0.15, 0.2) is 0 Å². The highest BCUT2D eigenvalue weighted by molar-refractivity contribution is 5.93. The minimum atomic E-state index is -0.955. The van der Waals surface area contributed by atoms with Crippen LogP contribution in [-0.4, -0.2) is 49.7 Å². The van der Waals surface area contributed by atoms with Crippen molar-refractivity contribution in [1.29, 1.82) is 0 Å². The second kappa shape index (κ2) is 7.96. The van der Waals surface area contributed by atoms with Gasteiger partial charge >= 0.3 is 6.03 Å². The molecule has 0 atom stereocenters. The second-order valence-corrected chi connectivity index (χ2v) is 2.41. The molecule has 0 aromatic rings. The number of carbonyl (C=O) groups excluding carboxylic acids is 2. The number of nitrogens with zero attached hydrogens (tertiary/aromatic N) is 1. The molecule has 0 spiro atoms. The first-order chi connectivity index (χ1) is 5.40. The number of amides is 3. The first-order valence-corrected chi connectivity index (χ1v) is 3.21. The van der Waals surface area contributed by atoms with Gasteiger partial charge in [-0.25, -0.2) is 4.79 Å². The van der Waals surface area contributed by atoms with Gasteiger partial charge in [-0.05, 0) is 21.1 Å². The molecule has 0 aromatic carbocycles. The third-order valence-electron chi connectivity index (χ3n) is 0.406. The molecule has 0 rings (SSSR count). The van der Waals surface area contributed by atoms with Gasteiger partial charge in [0.05, 0.1) is 0 Å². The molecule has 0 heterocycles. The van der Waals surface area contributed by atoms with E-state index in [1.54, 1.807) is 5.32 Å². The van der Waals surface area contributed by atoms with Crippen LogP contribution in [0.4, 0.5) is 4.79 Å². The number of nitrogens with two attached hydrogens (primary N) is 1. The molecule has 0 aromatic heterocycles. The zero-order valence-corrected chi connectivity index (χ0v) is 7.50. The maximum absolute atomic E-state index is 9.96. The lowest BCUT2D eigenvalue weighted by molar-refractivity contribution is -0.122. The summed E-state index contributed by atoms with van der Waals surface area (Å²) in [5.74, 6) is -0.794. The van der Waals surface area contributed by atoms with Gasteiger partial charge in [0, 0.05) is 0 Å². The predicted octanol–water partition coefficient (Wildman–Crippen LogP) is -1.65. The van der Waals surface area contributed by atoms with Crippen molar-refractivity contribution >= 4 is 11.9 Å². The highest BCUT2D eigenvalue weighted by atomic mass is 16.3. The Morgan fingerprint density at radius 3 is 1.83 bits per heavy atom. The fraction of sp³-hybridized carbons (Fsp3) is 0.667. The summed E-state index contributed by atoms with van der Waals surface area (Å²) in [6.45, 7) is -0.719. The zero-order valence-electron chi connectivity index (χ0n) is 7.50. The molecule has 6 nitrogen and oxygen atoms in total. The third-order valence-corrected chi connectivity index (χ3v) is 0.406. The number of primary amides is 1. The smallest absolute Gasteiger partial charge is 0.318 e. The van der Waals surface area contributed by atoms with Crippen molar-refractivity contribution in [2.75, 3.05) is 27.7 Å². The fourth-order valence-corrected chi connectivity index (χ4v) is 0.177. The molecule has 0 fully saturated rings. The van der Waals surface area contributed by atoms with Crippen LogP contribution in [0.3, 0.4) is 0 Å². The number of imide groups is 1. The molecule has 0 radical (unpaired) electrons. The minimum Gasteiger partial charge on any atom is -0.387 e. The number of nitrogens with one attached hydrogen (secondary N) is 1. The van der Waals surface area contributed by atoms with Gasteiger partial charge < -0.3 is 15.7 Å². The molecule has 72 valence electrons. The van der Waals surface area contributed by atoms with Crippen molar-refractivity contribution in [1.82, 2.24) is 10.2 Å². The van der Waals surface area contributed by atoms with E-state index in [9.17, 15) is 9.59 Å². The van der Waals surface area contributed by atoms with Gasteiger partial charge in [0.1, 0.15) is 6.61 Å². The minimum absolute atomic E-state index is 0.719. The van der Waals surface area contributed by atoms with E-state index in [2.05, 4.69) is 5.73 Å². The summed E-state index contributed by atoms with van der Waals surface area (Å²) in [5, 5.41) is 9.61. The lowest BCUT2D eigenvalue weighted by atomic mass is 10.6. The molecule has 0 saturated carbocycles. The van der Waals surface area contributed by atoms with Crippen LogP contribution in [0.5, 0.6) is 0 Å². The van der Waals surface area contributed by atoms with Crippen LogP contribution in [0, 0.1) is 0 Å². The quantitative estimate of drug-likeness (QED) is 0.447. The van der Waals surface area contributed by atoms with Crippen LogP contribution in [0.25, 0.3) is 0 Å². The van der Waals surface area contributed by atoms with Gasteiger partial charge in [0.2, 0.25) is 0 Å². The summed E-state index contributed by atoms with van der Waals surface area (Å²) in [4.78, 5) is 21.7. The van der Waals surface area contributed by atoms with Gasteiger partial charge in [-0.3, -0.25) is 10.1 Å². The number of rotatable bonds is 1. The Hall–Kier alpha value is -1.14. The van der Waals surface area contributed by atoms with Crippen LogP contribution >= 0.6 is 0 Å². The molecular weight excluding hydrogens is 162 g/mol. The van der Waals surface area contributed by atoms with Crippen LogP contribution in [-0.2, 0) is 4.79 Å². The van der Waals surface area contributed by atoms with E-state index in [0.717, 1.165) is 0 Å². The van der Waals surface area contributed by atoms with Crippen LogP contribution in [0.2, 0.25) is 0 Å². The Kier molecular flexibility index (Phi) is 8.92. The van der Waals surface area contributed by atoms with E-state index < -0.39 is 18.5 Å². The zero-order chi connectivity index (χ0) is 10.1. The Morgan fingerprint density at radius 1 is 1.42 bits per heavy atom. The lowest BCUT2D eigenvalue weighted by Gasteiger charge is -1.92. The average molecular weight is 177 g/mol. The first kappa shape index (κ1) is 13.4. The van der Waals surface area contributed by atoms with E-state index in [1.807, 2.05) is 26.0 Å². The van der Waals surface area contributed by atoms with Crippen LogP contribution < -0.4 is 11.1 Å². The first-order valence-electron chi connectivity index (χ1n) is 3.21. The second-order valence-electron chi connectivity index (χ2n) is 2.41. The third kappa shape index (κ3) is 23.2. The van der Waals surface area contributed by atoms with Crippen LogP contribution in [0.15, 0.2) is 0 Å². The maximum Gasteiger partial charge on any atom is 0.318 e. The largest absolute Gasteiger partial charge is 0.387 e. The predicted molar refractivity (Wildman–Crippen MR) is 44.4 cm³/mol. The Bertz CT molecular complexity index is 144. The molecule has 0 unspecified atom stereocenters. The Balaban J connectivity index is 0. The summed E-state index contributed by atoms with van der Waals surface area (Å²) >= 11 is 0. The molecule has 3 amide bonds. The molecule has 0 saturated heterocycles. The van der Waals surface area contributed by atoms with Gasteiger partial charge in [0.25, 0.3) is 5.91 Å². The number of hydrogen-bond acceptors (Lipinski definition) is 4. The summed E-state index contributed by atoms with van der Waals surface area (Å²) in [7, 11) is 6.00. The van der Waals surface area contributed by atoms with Gasteiger partial charge in [-0.1, -0.05) is 0 Å². The Labute approximate surface area is 71.3 Å². The molecule has 4 N–H and O–H groups in total. The van der Waals surface area contributed by atoms with Crippen molar-refractivity contribution in [3.63, 3.8) is 0 Å². The van der Waals surface area contributed by atoms with Crippen molar-refractivity contribution < 1.29 is 14.7 Å². The molecule has 0 aliphatic carbocycles. The molecular formula is C6H15N3O3. The van der Waals surface area contributed by atoms with E-state index in [1.165, 1.54) is 0 Å². The molecule has 0 aliphatic heterocycles.